The fourth-order valence-corrected chi connectivity index (χ4v) is 2.28. The molecular formula is C14H21N3O. The molecule has 1 N–H and O–H groups in total. The van der Waals surface area contributed by atoms with Crippen LogP contribution in [0.1, 0.15) is 19.5 Å². The van der Waals surface area contributed by atoms with Gasteiger partial charge in [0.05, 0.1) is 12.0 Å². The van der Waals surface area contributed by atoms with Crippen LogP contribution >= 0.6 is 0 Å². The Morgan fingerprint density at radius 3 is 2.72 bits per heavy atom. The Morgan fingerprint density at radius 1 is 1.39 bits per heavy atom. The monoisotopic (exact) mass is 247 g/mol. The standard InChI is InChI=1S/C14H21N3O/c1-14(2,17-9-7-15-8-10-17)13(18)11-12-5-3-4-6-16-12/h3-6,15H,7-11H2,1-2H3. The number of Topliss-reactive ketones (excluding diaryl/α,β-unsaturated/α-hetero) is 1. The van der Waals surface area contributed by atoms with Crippen molar-refractivity contribution < 1.29 is 4.79 Å². The van der Waals surface area contributed by atoms with Gasteiger partial charge >= 0.3 is 0 Å². The van der Waals surface area contributed by atoms with Crippen molar-refractivity contribution in [1.29, 1.82) is 0 Å². The van der Waals surface area contributed by atoms with E-state index in [1.165, 1.54) is 0 Å². The van der Waals surface area contributed by atoms with E-state index >= 15 is 0 Å². The lowest BCUT2D eigenvalue weighted by Crippen LogP contribution is -2.57. The minimum Gasteiger partial charge on any atom is -0.314 e. The second-order valence-corrected chi connectivity index (χ2v) is 5.22. The molecule has 0 aromatic carbocycles. The van der Waals surface area contributed by atoms with Crippen LogP contribution < -0.4 is 5.32 Å². The molecule has 0 amide bonds. The van der Waals surface area contributed by atoms with Gasteiger partial charge in [0.25, 0.3) is 0 Å². The average Bonchev–Trinajstić information content (AvgIpc) is 2.41. The Morgan fingerprint density at radius 2 is 2.11 bits per heavy atom. The highest BCUT2D eigenvalue weighted by Gasteiger charge is 2.34. The quantitative estimate of drug-likeness (QED) is 0.858. The summed E-state index contributed by atoms with van der Waals surface area (Å²) in [4.78, 5) is 18.9. The molecule has 4 nitrogen and oxygen atoms in total. The van der Waals surface area contributed by atoms with Crippen molar-refractivity contribution in [2.24, 2.45) is 0 Å². The molecule has 4 heteroatoms. The van der Waals surface area contributed by atoms with E-state index in [0.29, 0.717) is 6.42 Å². The SMILES string of the molecule is CC(C)(C(=O)Cc1ccccn1)N1CCNCC1. The maximum atomic E-state index is 12.4. The maximum Gasteiger partial charge on any atom is 0.158 e. The highest BCUT2D eigenvalue weighted by Crippen LogP contribution is 2.18. The average molecular weight is 247 g/mol. The number of pyridine rings is 1. The van der Waals surface area contributed by atoms with Gasteiger partial charge in [-0.2, -0.15) is 0 Å². The fourth-order valence-electron chi connectivity index (χ4n) is 2.28. The van der Waals surface area contributed by atoms with E-state index in [4.69, 9.17) is 0 Å². The van der Waals surface area contributed by atoms with E-state index < -0.39 is 5.54 Å². The molecule has 0 aliphatic carbocycles. The second-order valence-electron chi connectivity index (χ2n) is 5.22. The Kier molecular flexibility index (Phi) is 4.09. The first-order valence-electron chi connectivity index (χ1n) is 6.49. The number of rotatable bonds is 4. The van der Waals surface area contributed by atoms with Crippen LogP contribution in [0.5, 0.6) is 0 Å². The summed E-state index contributed by atoms with van der Waals surface area (Å²) < 4.78 is 0. The first kappa shape index (κ1) is 13.2. The summed E-state index contributed by atoms with van der Waals surface area (Å²) in [6.45, 7) is 7.82. The van der Waals surface area contributed by atoms with Crippen LogP contribution in [0.2, 0.25) is 0 Å². The van der Waals surface area contributed by atoms with Gasteiger partial charge in [-0.25, -0.2) is 0 Å². The van der Waals surface area contributed by atoms with Crippen molar-refractivity contribution in [3.8, 4) is 0 Å². The smallest absolute Gasteiger partial charge is 0.158 e. The Bertz CT molecular complexity index is 397. The zero-order valence-electron chi connectivity index (χ0n) is 11.1. The number of carbonyl (C=O) groups is 1. The topological polar surface area (TPSA) is 45.2 Å². The molecule has 1 fully saturated rings. The predicted molar refractivity (Wildman–Crippen MR) is 71.5 cm³/mol. The fraction of sp³-hybridized carbons (Fsp3) is 0.571. The molecule has 1 saturated heterocycles. The van der Waals surface area contributed by atoms with Gasteiger partial charge < -0.3 is 5.32 Å². The molecule has 0 saturated carbocycles. The van der Waals surface area contributed by atoms with Gasteiger partial charge in [-0.15, -0.1) is 0 Å². The highest BCUT2D eigenvalue weighted by atomic mass is 16.1. The molecule has 0 atom stereocenters. The summed E-state index contributed by atoms with van der Waals surface area (Å²) >= 11 is 0. The predicted octanol–water partition coefficient (Wildman–Crippen LogP) is 0.877. The molecule has 1 aliphatic heterocycles. The van der Waals surface area contributed by atoms with Crippen LogP contribution in [-0.2, 0) is 11.2 Å². The Labute approximate surface area is 108 Å². The first-order valence-corrected chi connectivity index (χ1v) is 6.49. The van der Waals surface area contributed by atoms with Crippen LogP contribution in [0.3, 0.4) is 0 Å². The minimum absolute atomic E-state index is 0.239. The minimum atomic E-state index is -0.403. The molecule has 0 spiro atoms. The van der Waals surface area contributed by atoms with Crippen LogP contribution in [0.4, 0.5) is 0 Å². The van der Waals surface area contributed by atoms with Crippen LogP contribution in [0, 0.1) is 0 Å². The van der Waals surface area contributed by atoms with E-state index in [0.717, 1.165) is 31.9 Å². The lowest BCUT2D eigenvalue weighted by atomic mass is 9.92. The lowest BCUT2D eigenvalue weighted by Gasteiger charge is -2.40. The molecule has 0 unspecified atom stereocenters. The van der Waals surface area contributed by atoms with Gasteiger partial charge in [0.15, 0.2) is 5.78 Å². The van der Waals surface area contributed by atoms with Crippen LogP contribution in [0.25, 0.3) is 0 Å². The largest absolute Gasteiger partial charge is 0.314 e. The summed E-state index contributed by atoms with van der Waals surface area (Å²) in [6.07, 6.45) is 2.15. The van der Waals surface area contributed by atoms with Gasteiger partial charge in [-0.3, -0.25) is 14.7 Å². The van der Waals surface area contributed by atoms with E-state index in [9.17, 15) is 4.79 Å². The number of aromatic nitrogens is 1. The summed E-state index contributed by atoms with van der Waals surface area (Å²) in [5.74, 6) is 0.239. The third-order valence-electron chi connectivity index (χ3n) is 3.66. The molecular weight excluding hydrogens is 226 g/mol. The maximum absolute atomic E-state index is 12.4. The van der Waals surface area contributed by atoms with Crippen molar-refractivity contribution in [2.75, 3.05) is 26.2 Å². The highest BCUT2D eigenvalue weighted by molar-refractivity contribution is 5.89. The molecule has 1 aliphatic rings. The number of nitrogens with one attached hydrogen (secondary N) is 1. The van der Waals surface area contributed by atoms with Crippen molar-refractivity contribution >= 4 is 5.78 Å². The molecule has 98 valence electrons. The van der Waals surface area contributed by atoms with Crippen LogP contribution in [-0.4, -0.2) is 47.4 Å². The summed E-state index contributed by atoms with van der Waals surface area (Å²) in [5.41, 5.74) is 0.449. The second kappa shape index (κ2) is 5.59. The number of piperazine rings is 1. The van der Waals surface area contributed by atoms with Crippen molar-refractivity contribution in [2.45, 2.75) is 25.8 Å². The lowest BCUT2D eigenvalue weighted by molar-refractivity contribution is -0.129. The number of ketones is 1. The molecule has 1 aromatic rings. The van der Waals surface area contributed by atoms with Gasteiger partial charge in [0.1, 0.15) is 0 Å². The Balaban J connectivity index is 2.02. The molecule has 0 radical (unpaired) electrons. The van der Waals surface area contributed by atoms with Crippen molar-refractivity contribution in [3.63, 3.8) is 0 Å². The normalized spacial score (nSPS) is 17.7. The number of hydrogen-bond acceptors (Lipinski definition) is 4. The molecule has 2 heterocycles. The third kappa shape index (κ3) is 2.94. The molecule has 1 aromatic heterocycles. The van der Waals surface area contributed by atoms with E-state index in [1.807, 2.05) is 32.0 Å². The molecule has 2 rings (SSSR count). The van der Waals surface area contributed by atoms with E-state index in [2.05, 4.69) is 15.2 Å². The van der Waals surface area contributed by atoms with Crippen molar-refractivity contribution in [1.82, 2.24) is 15.2 Å². The summed E-state index contributed by atoms with van der Waals surface area (Å²) in [6, 6.07) is 5.70. The van der Waals surface area contributed by atoms with Gasteiger partial charge in [-0.05, 0) is 26.0 Å². The molecule has 18 heavy (non-hydrogen) atoms. The van der Waals surface area contributed by atoms with Crippen LogP contribution in [0.15, 0.2) is 24.4 Å². The zero-order valence-corrected chi connectivity index (χ0v) is 11.1. The van der Waals surface area contributed by atoms with E-state index in [1.54, 1.807) is 6.20 Å². The number of carbonyl (C=O) groups excluding carboxylic acids is 1. The van der Waals surface area contributed by atoms with Gasteiger partial charge in [0.2, 0.25) is 0 Å². The zero-order chi connectivity index (χ0) is 13.0. The van der Waals surface area contributed by atoms with E-state index in [-0.39, 0.29) is 5.78 Å². The third-order valence-corrected chi connectivity index (χ3v) is 3.66. The van der Waals surface area contributed by atoms with Crippen molar-refractivity contribution in [3.05, 3.63) is 30.1 Å². The molecule has 0 bridgehead atoms. The Hall–Kier alpha value is -1.26. The number of nitrogens with zero attached hydrogens (tertiary/aromatic N) is 2. The summed E-state index contributed by atoms with van der Waals surface area (Å²) in [7, 11) is 0. The number of hydrogen-bond donors (Lipinski definition) is 1. The van der Waals surface area contributed by atoms with Gasteiger partial charge in [0, 0.05) is 38.1 Å². The first-order chi connectivity index (χ1) is 8.60. The van der Waals surface area contributed by atoms with Gasteiger partial charge in [-0.1, -0.05) is 6.07 Å². The summed E-state index contributed by atoms with van der Waals surface area (Å²) in [5, 5.41) is 3.31.